The lowest BCUT2D eigenvalue weighted by Gasteiger charge is -2.28. The molecule has 0 saturated heterocycles. The molecule has 0 aromatic heterocycles. The fourth-order valence-corrected chi connectivity index (χ4v) is 2.60. The van der Waals surface area contributed by atoms with E-state index >= 15 is 0 Å². The molecule has 0 saturated carbocycles. The highest BCUT2D eigenvalue weighted by Crippen LogP contribution is 2.39. The predicted octanol–water partition coefficient (Wildman–Crippen LogP) is 5.30. The third-order valence-corrected chi connectivity index (χ3v) is 4.17. The monoisotopic (exact) mass is 333 g/mol. The van der Waals surface area contributed by atoms with E-state index in [0.717, 1.165) is 22.3 Å². The molecule has 3 heteroatoms. The number of hydrogen-bond acceptors (Lipinski definition) is 2. The third kappa shape index (κ3) is 5.25. The smallest absolute Gasteiger partial charge is 0.164 e. The number of rotatable bonds is 3. The highest BCUT2D eigenvalue weighted by molar-refractivity contribution is 5.54. The van der Waals surface area contributed by atoms with E-state index in [1.807, 2.05) is 20.8 Å². The van der Waals surface area contributed by atoms with Crippen molar-refractivity contribution in [1.29, 1.82) is 0 Å². The molecule has 0 aliphatic carbocycles. The number of benzene rings is 1. The molecule has 0 fully saturated rings. The van der Waals surface area contributed by atoms with Crippen LogP contribution in [0.15, 0.2) is 12.1 Å². The van der Waals surface area contributed by atoms with Gasteiger partial charge < -0.3 is 10.3 Å². The molecule has 1 aromatic rings. The number of nitrogens with zero attached hydrogens (tertiary/aromatic N) is 1. The van der Waals surface area contributed by atoms with Crippen LogP contribution >= 0.6 is 0 Å². The van der Waals surface area contributed by atoms with Crippen LogP contribution in [0.25, 0.3) is 0 Å². The normalized spacial score (nSPS) is 14.1. The summed E-state index contributed by atoms with van der Waals surface area (Å²) in [4.78, 5) is 0. The molecule has 24 heavy (non-hydrogen) atoms. The minimum atomic E-state index is -0.401. The Balaban J connectivity index is 3.21. The van der Waals surface area contributed by atoms with E-state index < -0.39 is 5.54 Å². The summed E-state index contributed by atoms with van der Waals surface area (Å²) in [6.45, 7) is 18.4. The lowest BCUT2D eigenvalue weighted by molar-refractivity contribution is -0.532. The summed E-state index contributed by atoms with van der Waals surface area (Å²) in [5.74, 6) is 0.405. The van der Waals surface area contributed by atoms with Crippen LogP contribution in [-0.2, 0) is 17.3 Å². The van der Waals surface area contributed by atoms with E-state index in [2.05, 4.69) is 53.7 Å². The lowest BCUT2D eigenvalue weighted by atomic mass is 9.78. The first kappa shape index (κ1) is 20.5. The van der Waals surface area contributed by atoms with Gasteiger partial charge in [0.15, 0.2) is 11.8 Å². The van der Waals surface area contributed by atoms with Crippen LogP contribution in [0.3, 0.4) is 0 Å². The SMILES string of the molecule is CC(C)(C)c1cc(CCC=[N+]([O-])C(C)(C)C)cc(C(C)(C)C)c1O. The minimum Gasteiger partial charge on any atom is -0.624 e. The van der Waals surface area contributed by atoms with Crippen LogP contribution in [0.2, 0.25) is 0 Å². The second kappa shape index (κ2) is 6.78. The predicted molar refractivity (Wildman–Crippen MR) is 103 cm³/mol. The Labute approximate surface area is 148 Å². The molecule has 0 amide bonds. The van der Waals surface area contributed by atoms with Gasteiger partial charge in [-0.1, -0.05) is 53.7 Å². The van der Waals surface area contributed by atoms with Crippen molar-refractivity contribution >= 4 is 6.21 Å². The average Bonchev–Trinajstić information content (AvgIpc) is 2.36. The molecule has 1 aromatic carbocycles. The molecule has 0 aliphatic heterocycles. The quantitative estimate of drug-likeness (QED) is 0.353. The van der Waals surface area contributed by atoms with Crippen molar-refractivity contribution in [2.24, 2.45) is 0 Å². The van der Waals surface area contributed by atoms with E-state index in [1.165, 1.54) is 5.56 Å². The first-order chi connectivity index (χ1) is 10.6. The van der Waals surface area contributed by atoms with Gasteiger partial charge in [0.05, 0.1) is 0 Å². The number of phenols is 1. The fraction of sp³-hybridized carbons (Fsp3) is 0.667. The summed E-state index contributed by atoms with van der Waals surface area (Å²) in [5.41, 5.74) is 2.46. The topological polar surface area (TPSA) is 46.3 Å². The fourth-order valence-electron chi connectivity index (χ4n) is 2.60. The van der Waals surface area contributed by atoms with Gasteiger partial charge in [-0.2, -0.15) is 0 Å². The van der Waals surface area contributed by atoms with Crippen LogP contribution in [0.1, 0.15) is 85.4 Å². The van der Waals surface area contributed by atoms with Crippen molar-refractivity contribution in [3.8, 4) is 5.75 Å². The van der Waals surface area contributed by atoms with E-state index in [-0.39, 0.29) is 10.8 Å². The zero-order valence-corrected chi connectivity index (χ0v) is 16.9. The molecule has 1 N–H and O–H groups in total. The summed E-state index contributed by atoms with van der Waals surface area (Å²) in [6, 6.07) is 4.18. The molecule has 0 unspecified atom stereocenters. The molecule has 0 aliphatic rings. The Morgan fingerprint density at radius 3 is 1.67 bits per heavy atom. The van der Waals surface area contributed by atoms with Crippen LogP contribution in [-0.4, -0.2) is 21.6 Å². The molecule has 3 nitrogen and oxygen atoms in total. The van der Waals surface area contributed by atoms with E-state index in [1.54, 1.807) is 6.21 Å². The Bertz CT molecular complexity index is 573. The number of aryl methyl sites for hydroxylation is 1. The summed E-state index contributed by atoms with van der Waals surface area (Å²) in [6.07, 6.45) is 3.21. The van der Waals surface area contributed by atoms with Gasteiger partial charge >= 0.3 is 0 Å². The number of hydrogen-bond donors (Lipinski definition) is 1. The highest BCUT2D eigenvalue weighted by atomic mass is 16.5. The first-order valence-electron chi connectivity index (χ1n) is 8.80. The average molecular weight is 334 g/mol. The lowest BCUT2D eigenvalue weighted by Crippen LogP contribution is -2.29. The Morgan fingerprint density at radius 2 is 1.33 bits per heavy atom. The second-order valence-corrected chi connectivity index (χ2v) is 9.76. The largest absolute Gasteiger partial charge is 0.624 e. The zero-order chi connectivity index (χ0) is 18.9. The maximum Gasteiger partial charge on any atom is 0.164 e. The van der Waals surface area contributed by atoms with Crippen LogP contribution < -0.4 is 0 Å². The highest BCUT2D eigenvalue weighted by Gasteiger charge is 2.26. The minimum absolute atomic E-state index is 0.125. The molecule has 136 valence electrons. The molecule has 0 radical (unpaired) electrons. The van der Waals surface area contributed by atoms with E-state index in [4.69, 9.17) is 0 Å². The van der Waals surface area contributed by atoms with Gasteiger partial charge in [0.1, 0.15) is 5.75 Å². The Kier molecular flexibility index (Phi) is 5.80. The van der Waals surface area contributed by atoms with E-state index in [0.29, 0.717) is 12.2 Å². The summed E-state index contributed by atoms with van der Waals surface area (Å²) in [7, 11) is 0. The number of hydroxylamine groups is 1. The maximum absolute atomic E-state index is 12.0. The summed E-state index contributed by atoms with van der Waals surface area (Å²) < 4.78 is 1.03. The first-order valence-corrected chi connectivity index (χ1v) is 8.80. The molecule has 0 bridgehead atoms. The van der Waals surface area contributed by atoms with Crippen LogP contribution in [0.4, 0.5) is 0 Å². The van der Waals surface area contributed by atoms with E-state index in [9.17, 15) is 10.3 Å². The van der Waals surface area contributed by atoms with Crippen molar-refractivity contribution in [2.75, 3.05) is 0 Å². The van der Waals surface area contributed by atoms with Gasteiger partial charge in [-0.05, 0) is 33.9 Å². The molecule has 1 rings (SSSR count). The molecule has 0 spiro atoms. The van der Waals surface area contributed by atoms with Crippen molar-refractivity contribution in [3.05, 3.63) is 34.0 Å². The van der Waals surface area contributed by atoms with Gasteiger partial charge in [0.25, 0.3) is 0 Å². The number of phenolic OH excluding ortho intramolecular Hbond substituents is 1. The van der Waals surface area contributed by atoms with Gasteiger partial charge in [-0.3, -0.25) is 0 Å². The van der Waals surface area contributed by atoms with Crippen molar-refractivity contribution in [2.45, 2.75) is 91.5 Å². The van der Waals surface area contributed by atoms with Gasteiger partial charge in [-0.15, -0.1) is 0 Å². The van der Waals surface area contributed by atoms with Gasteiger partial charge in [-0.25, -0.2) is 4.74 Å². The third-order valence-electron chi connectivity index (χ3n) is 4.17. The zero-order valence-electron chi connectivity index (χ0n) is 16.9. The maximum atomic E-state index is 12.0. The molecular formula is C21H35NO2. The molecule has 0 heterocycles. The Hall–Kier alpha value is -1.51. The molecule has 0 atom stereocenters. The van der Waals surface area contributed by atoms with Gasteiger partial charge in [0.2, 0.25) is 0 Å². The number of aromatic hydroxyl groups is 1. The van der Waals surface area contributed by atoms with Crippen LogP contribution in [0.5, 0.6) is 5.75 Å². The van der Waals surface area contributed by atoms with Crippen LogP contribution in [0, 0.1) is 5.21 Å². The van der Waals surface area contributed by atoms with Crippen molar-refractivity contribution in [1.82, 2.24) is 0 Å². The van der Waals surface area contributed by atoms with Crippen molar-refractivity contribution in [3.63, 3.8) is 0 Å². The van der Waals surface area contributed by atoms with Gasteiger partial charge in [0, 0.05) is 27.2 Å². The second-order valence-electron chi connectivity index (χ2n) is 9.76. The standard InChI is InChI=1S/C21H35NO2/c1-19(2,3)16-13-15(11-10-12-22(24)21(7,8)9)14-17(18(16)23)20(4,5)6/h12-14,23H,10-11H2,1-9H3. The Morgan fingerprint density at radius 1 is 0.917 bits per heavy atom. The van der Waals surface area contributed by atoms with Crippen molar-refractivity contribution < 1.29 is 9.85 Å². The summed E-state index contributed by atoms with van der Waals surface area (Å²) >= 11 is 0. The summed E-state index contributed by atoms with van der Waals surface area (Å²) in [5, 5.41) is 22.7. The molecular weight excluding hydrogens is 298 g/mol.